The first-order chi connectivity index (χ1) is 11.7. The minimum Gasteiger partial charge on any atom is -0.337 e. The number of aromatic amines is 1. The van der Waals surface area contributed by atoms with E-state index < -0.39 is 0 Å². The second-order valence-corrected chi connectivity index (χ2v) is 6.24. The van der Waals surface area contributed by atoms with Crippen LogP contribution in [0.5, 0.6) is 0 Å². The van der Waals surface area contributed by atoms with Crippen LogP contribution in [0.15, 0.2) is 29.2 Å². The minimum atomic E-state index is -0.158. The van der Waals surface area contributed by atoms with Crippen LogP contribution in [0.2, 0.25) is 0 Å². The number of hydrogen-bond acceptors (Lipinski definition) is 4. The van der Waals surface area contributed by atoms with Gasteiger partial charge in [0.25, 0.3) is 11.5 Å². The third-order valence-corrected chi connectivity index (χ3v) is 4.48. The molecule has 3 rings (SSSR count). The molecule has 1 aliphatic heterocycles. The number of unbranched alkanes of at least 4 members (excludes halogenated alkanes) is 1. The Morgan fingerprint density at radius 2 is 2.25 bits per heavy atom. The van der Waals surface area contributed by atoms with Crippen LogP contribution in [0.1, 0.15) is 54.7 Å². The highest BCUT2D eigenvalue weighted by atomic mass is 16.2. The fourth-order valence-corrected chi connectivity index (χ4v) is 3.10. The Balaban J connectivity index is 1.74. The number of aromatic nitrogens is 4. The highest BCUT2D eigenvalue weighted by molar-refractivity contribution is 5.92. The number of rotatable bonds is 5. The number of likely N-dealkylation sites (tertiary alicyclic amines) is 1. The van der Waals surface area contributed by atoms with Crippen molar-refractivity contribution in [3.8, 4) is 0 Å². The van der Waals surface area contributed by atoms with Crippen LogP contribution < -0.4 is 5.56 Å². The summed E-state index contributed by atoms with van der Waals surface area (Å²) in [7, 11) is 0. The van der Waals surface area contributed by atoms with E-state index in [4.69, 9.17) is 0 Å². The lowest BCUT2D eigenvalue weighted by Crippen LogP contribution is -2.40. The lowest BCUT2D eigenvalue weighted by molar-refractivity contribution is 0.0697. The van der Waals surface area contributed by atoms with Crippen molar-refractivity contribution in [2.75, 3.05) is 13.1 Å². The molecule has 0 aliphatic carbocycles. The van der Waals surface area contributed by atoms with Gasteiger partial charge in [-0.3, -0.25) is 14.7 Å². The molecule has 0 radical (unpaired) electrons. The first-order valence-corrected chi connectivity index (χ1v) is 8.55. The second kappa shape index (κ2) is 7.42. The summed E-state index contributed by atoms with van der Waals surface area (Å²) in [6.45, 7) is 3.98. The van der Waals surface area contributed by atoms with Gasteiger partial charge in [-0.2, -0.15) is 10.2 Å². The maximum Gasteiger partial charge on any atom is 0.274 e. The SMILES string of the molecule is CCCCn1nc(C(=O)N2CCC[C@H](c3ccn[nH]3)C2)ccc1=O. The van der Waals surface area contributed by atoms with Crippen LogP contribution in [0.3, 0.4) is 0 Å². The quantitative estimate of drug-likeness (QED) is 0.906. The Kier molecular flexibility index (Phi) is 5.08. The number of nitrogens with zero attached hydrogens (tertiary/aromatic N) is 4. The molecule has 7 nitrogen and oxygen atoms in total. The minimum absolute atomic E-state index is 0.107. The first kappa shape index (κ1) is 16.4. The van der Waals surface area contributed by atoms with E-state index in [0.29, 0.717) is 18.8 Å². The van der Waals surface area contributed by atoms with E-state index in [1.807, 2.05) is 11.0 Å². The molecule has 2 aromatic heterocycles. The van der Waals surface area contributed by atoms with Gasteiger partial charge >= 0.3 is 0 Å². The Bertz CT molecular complexity index is 738. The van der Waals surface area contributed by atoms with Crippen LogP contribution in [-0.2, 0) is 6.54 Å². The molecule has 0 spiro atoms. The van der Waals surface area contributed by atoms with E-state index in [1.165, 1.54) is 16.8 Å². The molecule has 128 valence electrons. The van der Waals surface area contributed by atoms with E-state index in [1.54, 1.807) is 6.20 Å². The van der Waals surface area contributed by atoms with Gasteiger partial charge < -0.3 is 4.90 Å². The monoisotopic (exact) mass is 329 g/mol. The van der Waals surface area contributed by atoms with Gasteiger partial charge in [0, 0.05) is 43.5 Å². The highest BCUT2D eigenvalue weighted by Crippen LogP contribution is 2.25. The average molecular weight is 329 g/mol. The van der Waals surface area contributed by atoms with Gasteiger partial charge in [0.05, 0.1) is 0 Å². The predicted molar refractivity (Wildman–Crippen MR) is 89.9 cm³/mol. The van der Waals surface area contributed by atoms with Crippen molar-refractivity contribution in [1.29, 1.82) is 0 Å². The number of carbonyl (C=O) groups is 1. The average Bonchev–Trinajstić information content (AvgIpc) is 3.15. The number of carbonyl (C=O) groups excluding carboxylic acids is 1. The lowest BCUT2D eigenvalue weighted by atomic mass is 9.95. The highest BCUT2D eigenvalue weighted by Gasteiger charge is 2.27. The zero-order chi connectivity index (χ0) is 16.9. The maximum atomic E-state index is 12.8. The number of nitrogens with one attached hydrogen (secondary N) is 1. The topological polar surface area (TPSA) is 83.9 Å². The summed E-state index contributed by atoms with van der Waals surface area (Å²) in [6, 6.07) is 4.93. The smallest absolute Gasteiger partial charge is 0.274 e. The Morgan fingerprint density at radius 1 is 1.38 bits per heavy atom. The van der Waals surface area contributed by atoms with Gasteiger partial charge in [-0.05, 0) is 31.4 Å². The maximum absolute atomic E-state index is 12.8. The number of piperidine rings is 1. The van der Waals surface area contributed by atoms with Crippen LogP contribution in [0.25, 0.3) is 0 Å². The first-order valence-electron chi connectivity index (χ1n) is 8.55. The van der Waals surface area contributed by atoms with Gasteiger partial charge in [0.15, 0.2) is 0 Å². The van der Waals surface area contributed by atoms with Crippen molar-refractivity contribution >= 4 is 5.91 Å². The summed E-state index contributed by atoms with van der Waals surface area (Å²) in [5, 5.41) is 11.3. The number of H-pyrrole nitrogens is 1. The van der Waals surface area contributed by atoms with E-state index in [9.17, 15) is 9.59 Å². The summed E-state index contributed by atoms with van der Waals surface area (Å²) >= 11 is 0. The normalized spacial score (nSPS) is 17.9. The molecule has 7 heteroatoms. The van der Waals surface area contributed by atoms with E-state index >= 15 is 0 Å². The van der Waals surface area contributed by atoms with Crippen molar-refractivity contribution in [2.45, 2.75) is 45.1 Å². The van der Waals surface area contributed by atoms with Crippen molar-refractivity contribution in [2.24, 2.45) is 0 Å². The van der Waals surface area contributed by atoms with Crippen molar-refractivity contribution < 1.29 is 4.79 Å². The third-order valence-electron chi connectivity index (χ3n) is 4.48. The molecule has 1 aliphatic rings. The van der Waals surface area contributed by atoms with E-state index in [-0.39, 0.29) is 17.4 Å². The fourth-order valence-electron chi connectivity index (χ4n) is 3.10. The number of hydrogen-bond donors (Lipinski definition) is 1. The molecule has 24 heavy (non-hydrogen) atoms. The molecule has 0 aromatic carbocycles. The summed E-state index contributed by atoms with van der Waals surface area (Å²) in [5.74, 6) is 0.167. The van der Waals surface area contributed by atoms with E-state index in [2.05, 4.69) is 22.2 Å². The van der Waals surface area contributed by atoms with Gasteiger partial charge in [-0.15, -0.1) is 0 Å². The zero-order valence-corrected chi connectivity index (χ0v) is 13.9. The summed E-state index contributed by atoms with van der Waals surface area (Å²) in [6.07, 6.45) is 5.57. The van der Waals surface area contributed by atoms with Gasteiger partial charge in [0.1, 0.15) is 5.69 Å². The molecule has 0 bridgehead atoms. The molecule has 1 atom stereocenters. The lowest BCUT2D eigenvalue weighted by Gasteiger charge is -2.32. The van der Waals surface area contributed by atoms with Crippen LogP contribution in [-0.4, -0.2) is 43.9 Å². The van der Waals surface area contributed by atoms with Crippen molar-refractivity contribution in [3.63, 3.8) is 0 Å². The molecule has 1 amide bonds. The Morgan fingerprint density at radius 3 is 3.00 bits per heavy atom. The number of aryl methyl sites for hydroxylation is 1. The zero-order valence-electron chi connectivity index (χ0n) is 13.9. The standard InChI is InChI=1S/C17H23N5O2/c1-2-3-11-22-16(23)7-6-15(20-22)17(24)21-10-4-5-13(12-21)14-8-9-18-19-14/h6-9,13H,2-5,10-12H2,1H3,(H,18,19)/t13-/m0/s1. The molecular weight excluding hydrogens is 306 g/mol. The number of amides is 1. The molecule has 3 heterocycles. The van der Waals surface area contributed by atoms with Crippen LogP contribution >= 0.6 is 0 Å². The van der Waals surface area contributed by atoms with Crippen LogP contribution in [0.4, 0.5) is 0 Å². The molecule has 1 N–H and O–H groups in total. The Hall–Kier alpha value is -2.44. The van der Waals surface area contributed by atoms with Gasteiger partial charge in [-0.25, -0.2) is 4.68 Å². The molecule has 0 unspecified atom stereocenters. The van der Waals surface area contributed by atoms with Crippen molar-refractivity contribution in [1.82, 2.24) is 24.9 Å². The van der Waals surface area contributed by atoms with Gasteiger partial charge in [-0.1, -0.05) is 13.3 Å². The summed E-state index contributed by atoms with van der Waals surface area (Å²) < 4.78 is 1.40. The van der Waals surface area contributed by atoms with Crippen LogP contribution in [0, 0.1) is 0 Å². The molecular formula is C17H23N5O2. The predicted octanol–water partition coefficient (Wildman–Crippen LogP) is 1.79. The summed E-state index contributed by atoms with van der Waals surface area (Å²) in [5.41, 5.74) is 1.25. The third kappa shape index (κ3) is 3.55. The molecule has 1 saturated heterocycles. The molecule has 2 aromatic rings. The second-order valence-electron chi connectivity index (χ2n) is 6.24. The molecule has 1 fully saturated rings. The molecule has 0 saturated carbocycles. The van der Waals surface area contributed by atoms with Crippen molar-refractivity contribution in [3.05, 3.63) is 46.1 Å². The Labute approximate surface area is 140 Å². The fraction of sp³-hybridized carbons (Fsp3) is 0.529. The largest absolute Gasteiger partial charge is 0.337 e. The van der Waals surface area contributed by atoms with Gasteiger partial charge in [0.2, 0.25) is 0 Å². The summed E-state index contributed by atoms with van der Waals surface area (Å²) in [4.78, 5) is 26.4. The van der Waals surface area contributed by atoms with E-state index in [0.717, 1.165) is 37.9 Å².